The van der Waals surface area contributed by atoms with E-state index in [1.165, 1.54) is 5.56 Å². The Hall–Kier alpha value is -2.46. The highest BCUT2D eigenvalue weighted by Crippen LogP contribution is 2.43. The first-order valence-electron chi connectivity index (χ1n) is 9.78. The lowest BCUT2D eigenvalue weighted by Crippen LogP contribution is -2.05. The fourth-order valence-electron chi connectivity index (χ4n) is 3.40. The summed E-state index contributed by atoms with van der Waals surface area (Å²) in [5.74, 6) is 2.18. The Morgan fingerprint density at radius 1 is 0.786 bits per heavy atom. The van der Waals surface area contributed by atoms with Crippen LogP contribution in [0.15, 0.2) is 49.1 Å². The Labute approximate surface area is 169 Å². The van der Waals surface area contributed by atoms with Gasteiger partial charge in [-0.2, -0.15) is 0 Å². The molecule has 28 heavy (non-hydrogen) atoms. The van der Waals surface area contributed by atoms with Gasteiger partial charge < -0.3 is 18.9 Å². The number of hydrogen-bond acceptors (Lipinski definition) is 4. The summed E-state index contributed by atoms with van der Waals surface area (Å²) >= 11 is 0. The lowest BCUT2D eigenvalue weighted by atomic mass is 9.98. The number of ether oxygens (including phenoxy) is 4. The van der Waals surface area contributed by atoms with Crippen molar-refractivity contribution in [3.63, 3.8) is 0 Å². The molecule has 2 rings (SSSR count). The highest BCUT2D eigenvalue weighted by Gasteiger charge is 2.20. The van der Waals surface area contributed by atoms with Crippen molar-refractivity contribution in [3.8, 4) is 17.2 Å². The number of benzene rings is 2. The van der Waals surface area contributed by atoms with Crippen molar-refractivity contribution >= 4 is 0 Å². The molecule has 0 fully saturated rings. The standard InChI is InChI=1S/C24H32O4/c1-5-16-28-17-10-15-21-18-20(14-9-13-19-11-7-6-8-12-19)22(25-2)24(27-4)23(21)26-3/h5-8,11-12,18H,1,9-10,13-17H2,2-4H3. The van der Waals surface area contributed by atoms with E-state index in [9.17, 15) is 0 Å². The lowest BCUT2D eigenvalue weighted by molar-refractivity contribution is 0.159. The Morgan fingerprint density at radius 3 is 1.96 bits per heavy atom. The first kappa shape index (κ1) is 21.8. The summed E-state index contributed by atoms with van der Waals surface area (Å²) in [4.78, 5) is 0. The minimum atomic E-state index is 0.577. The quantitative estimate of drug-likeness (QED) is 0.359. The number of aryl methyl sites for hydroxylation is 3. The Morgan fingerprint density at radius 2 is 1.39 bits per heavy atom. The van der Waals surface area contributed by atoms with Crippen molar-refractivity contribution in [2.45, 2.75) is 32.1 Å². The molecular weight excluding hydrogens is 352 g/mol. The smallest absolute Gasteiger partial charge is 0.203 e. The molecule has 0 aliphatic carbocycles. The van der Waals surface area contributed by atoms with Crippen molar-refractivity contribution in [1.82, 2.24) is 0 Å². The summed E-state index contributed by atoms with van der Waals surface area (Å²) in [6, 6.07) is 12.7. The van der Waals surface area contributed by atoms with Crippen LogP contribution in [-0.4, -0.2) is 34.5 Å². The molecule has 0 saturated carbocycles. The van der Waals surface area contributed by atoms with Crippen LogP contribution in [0, 0.1) is 0 Å². The monoisotopic (exact) mass is 384 g/mol. The summed E-state index contributed by atoms with van der Waals surface area (Å²) in [7, 11) is 5.01. The van der Waals surface area contributed by atoms with Gasteiger partial charge in [-0.1, -0.05) is 36.4 Å². The molecular formula is C24H32O4. The predicted octanol–water partition coefficient (Wildman–Crippen LogP) is 5.02. The SMILES string of the molecule is C=CCOCCCc1cc(CCCc2ccccc2)c(OC)c(OC)c1OC. The number of hydrogen-bond donors (Lipinski definition) is 0. The minimum Gasteiger partial charge on any atom is -0.492 e. The molecule has 0 saturated heterocycles. The maximum absolute atomic E-state index is 5.68. The average Bonchev–Trinajstić information content (AvgIpc) is 2.73. The third kappa shape index (κ3) is 6.03. The van der Waals surface area contributed by atoms with Gasteiger partial charge in [0.05, 0.1) is 27.9 Å². The van der Waals surface area contributed by atoms with Gasteiger partial charge in [-0.3, -0.25) is 0 Å². The Bertz CT molecular complexity index is 725. The van der Waals surface area contributed by atoms with Crippen molar-refractivity contribution in [3.05, 3.63) is 65.7 Å². The zero-order valence-corrected chi connectivity index (χ0v) is 17.3. The van der Waals surface area contributed by atoms with Crippen LogP contribution >= 0.6 is 0 Å². The Kier molecular flexibility index (Phi) is 9.43. The van der Waals surface area contributed by atoms with Gasteiger partial charge in [0.25, 0.3) is 0 Å². The number of methoxy groups -OCH3 is 3. The maximum Gasteiger partial charge on any atom is 0.203 e. The van der Waals surface area contributed by atoms with Gasteiger partial charge in [-0.25, -0.2) is 0 Å². The molecule has 0 radical (unpaired) electrons. The molecule has 2 aromatic rings. The summed E-state index contributed by atoms with van der Waals surface area (Å²) in [6.07, 6.45) is 6.51. The first-order valence-corrected chi connectivity index (χ1v) is 9.78. The van der Waals surface area contributed by atoms with Crippen molar-refractivity contribution in [2.24, 2.45) is 0 Å². The van der Waals surface area contributed by atoms with Gasteiger partial charge >= 0.3 is 0 Å². The molecule has 152 valence electrons. The fraction of sp³-hybridized carbons (Fsp3) is 0.417. The first-order chi connectivity index (χ1) is 13.7. The largest absolute Gasteiger partial charge is 0.492 e. The van der Waals surface area contributed by atoms with E-state index in [4.69, 9.17) is 18.9 Å². The maximum atomic E-state index is 5.68. The molecule has 0 amide bonds. The van der Waals surface area contributed by atoms with Crippen LogP contribution in [0.5, 0.6) is 17.2 Å². The highest BCUT2D eigenvalue weighted by atomic mass is 16.5. The van der Waals surface area contributed by atoms with Gasteiger partial charge in [0.15, 0.2) is 11.5 Å². The van der Waals surface area contributed by atoms with E-state index in [1.807, 2.05) is 6.07 Å². The molecule has 4 heteroatoms. The molecule has 0 aromatic heterocycles. The molecule has 0 atom stereocenters. The molecule has 0 N–H and O–H groups in total. The van der Waals surface area contributed by atoms with E-state index in [1.54, 1.807) is 27.4 Å². The van der Waals surface area contributed by atoms with E-state index >= 15 is 0 Å². The van der Waals surface area contributed by atoms with E-state index in [0.717, 1.165) is 54.7 Å². The topological polar surface area (TPSA) is 36.9 Å². The molecule has 0 unspecified atom stereocenters. The number of rotatable bonds is 13. The zero-order valence-electron chi connectivity index (χ0n) is 17.3. The van der Waals surface area contributed by atoms with Crippen LogP contribution in [0.1, 0.15) is 29.5 Å². The summed E-state index contributed by atoms with van der Waals surface area (Å²) in [5, 5.41) is 0. The summed E-state index contributed by atoms with van der Waals surface area (Å²) in [5.41, 5.74) is 3.62. The van der Waals surface area contributed by atoms with Crippen LogP contribution in [0.3, 0.4) is 0 Å². The van der Waals surface area contributed by atoms with Gasteiger partial charge in [-0.05, 0) is 54.9 Å². The molecule has 0 aliphatic heterocycles. The van der Waals surface area contributed by atoms with Crippen LogP contribution in [0.25, 0.3) is 0 Å². The predicted molar refractivity (Wildman–Crippen MR) is 114 cm³/mol. The fourth-order valence-corrected chi connectivity index (χ4v) is 3.40. The second-order valence-corrected chi connectivity index (χ2v) is 6.60. The second kappa shape index (κ2) is 12.1. The van der Waals surface area contributed by atoms with Crippen LogP contribution < -0.4 is 14.2 Å². The third-order valence-electron chi connectivity index (χ3n) is 4.68. The molecule has 0 aliphatic rings. The van der Waals surface area contributed by atoms with E-state index < -0.39 is 0 Å². The van der Waals surface area contributed by atoms with Crippen LogP contribution in [0.2, 0.25) is 0 Å². The third-order valence-corrected chi connectivity index (χ3v) is 4.68. The van der Waals surface area contributed by atoms with E-state index in [2.05, 4.69) is 36.9 Å². The Balaban J connectivity index is 2.16. The molecule has 4 nitrogen and oxygen atoms in total. The van der Waals surface area contributed by atoms with Crippen molar-refractivity contribution < 1.29 is 18.9 Å². The summed E-state index contributed by atoms with van der Waals surface area (Å²) in [6.45, 7) is 4.94. The van der Waals surface area contributed by atoms with Crippen LogP contribution in [0.4, 0.5) is 0 Å². The van der Waals surface area contributed by atoms with Crippen molar-refractivity contribution in [1.29, 1.82) is 0 Å². The molecule has 0 bridgehead atoms. The molecule has 0 spiro atoms. The van der Waals surface area contributed by atoms with E-state index in [-0.39, 0.29) is 0 Å². The van der Waals surface area contributed by atoms with Gasteiger partial charge in [0.2, 0.25) is 5.75 Å². The van der Waals surface area contributed by atoms with Gasteiger partial charge in [-0.15, -0.1) is 6.58 Å². The highest BCUT2D eigenvalue weighted by molar-refractivity contribution is 5.60. The van der Waals surface area contributed by atoms with Gasteiger partial charge in [0.1, 0.15) is 0 Å². The minimum absolute atomic E-state index is 0.577. The average molecular weight is 385 g/mol. The normalized spacial score (nSPS) is 10.5. The zero-order chi connectivity index (χ0) is 20.2. The van der Waals surface area contributed by atoms with Gasteiger partial charge in [0, 0.05) is 6.61 Å². The van der Waals surface area contributed by atoms with Crippen LogP contribution in [-0.2, 0) is 24.0 Å². The lowest BCUT2D eigenvalue weighted by Gasteiger charge is -2.19. The molecule has 0 heterocycles. The molecule has 2 aromatic carbocycles. The summed E-state index contributed by atoms with van der Waals surface area (Å²) < 4.78 is 22.5. The van der Waals surface area contributed by atoms with Crippen molar-refractivity contribution in [2.75, 3.05) is 34.5 Å². The van der Waals surface area contributed by atoms with E-state index in [0.29, 0.717) is 19.0 Å². The second-order valence-electron chi connectivity index (χ2n) is 6.60.